The van der Waals surface area contributed by atoms with Gasteiger partial charge < -0.3 is 10.4 Å². The van der Waals surface area contributed by atoms with Gasteiger partial charge >= 0.3 is 5.97 Å². The van der Waals surface area contributed by atoms with E-state index in [2.05, 4.69) is 10.4 Å². The molecule has 0 aliphatic heterocycles. The highest BCUT2D eigenvalue weighted by Gasteiger charge is 2.15. The van der Waals surface area contributed by atoms with Crippen molar-refractivity contribution in [3.63, 3.8) is 0 Å². The summed E-state index contributed by atoms with van der Waals surface area (Å²) in [4.78, 5) is 22.6. The first kappa shape index (κ1) is 17.4. The smallest absolute Gasteiger partial charge is 0.313 e. The summed E-state index contributed by atoms with van der Waals surface area (Å²) in [5.41, 5.74) is 1.87. The van der Waals surface area contributed by atoms with E-state index in [1.54, 1.807) is 17.7 Å². The zero-order valence-electron chi connectivity index (χ0n) is 12.5. The maximum Gasteiger partial charge on any atom is 0.313 e. The van der Waals surface area contributed by atoms with Crippen molar-refractivity contribution >= 4 is 35.2 Å². The molecule has 8 heteroatoms. The molecule has 0 spiro atoms. The summed E-state index contributed by atoms with van der Waals surface area (Å²) in [5, 5.41) is 16.1. The Morgan fingerprint density at radius 2 is 2.13 bits per heavy atom. The van der Waals surface area contributed by atoms with E-state index in [0.29, 0.717) is 34.3 Å². The minimum atomic E-state index is -0.863. The first-order valence-corrected chi connectivity index (χ1v) is 8.41. The SMILES string of the molecule is Cc1c(C(=O)NCCSCC(=O)O)cnn1-c1ccccc1Cl. The molecular weight excluding hydrogens is 338 g/mol. The molecule has 0 unspecified atom stereocenters. The van der Waals surface area contributed by atoms with Crippen LogP contribution in [-0.4, -0.2) is 44.8 Å². The van der Waals surface area contributed by atoms with Crippen molar-refractivity contribution < 1.29 is 14.7 Å². The van der Waals surface area contributed by atoms with Crippen LogP contribution in [0, 0.1) is 6.92 Å². The summed E-state index contributed by atoms with van der Waals surface area (Å²) in [6, 6.07) is 7.26. The summed E-state index contributed by atoms with van der Waals surface area (Å²) in [7, 11) is 0. The first-order valence-electron chi connectivity index (χ1n) is 6.88. The van der Waals surface area contributed by atoms with Crippen LogP contribution in [0.3, 0.4) is 0 Å². The predicted molar refractivity (Wildman–Crippen MR) is 90.6 cm³/mol. The van der Waals surface area contributed by atoms with Crippen molar-refractivity contribution in [1.82, 2.24) is 15.1 Å². The Kier molecular flexibility index (Phi) is 6.06. The van der Waals surface area contributed by atoms with Crippen molar-refractivity contribution in [2.45, 2.75) is 6.92 Å². The number of aliphatic carboxylic acids is 1. The standard InChI is InChI=1S/C15H16ClN3O3S/c1-10-11(15(22)17-6-7-23-9-14(20)21)8-18-19(10)13-5-3-2-4-12(13)16/h2-5,8H,6-7,9H2,1H3,(H,17,22)(H,20,21). The Hall–Kier alpha value is -1.99. The van der Waals surface area contributed by atoms with Crippen LogP contribution >= 0.6 is 23.4 Å². The van der Waals surface area contributed by atoms with Gasteiger partial charge in [-0.3, -0.25) is 9.59 Å². The van der Waals surface area contributed by atoms with Gasteiger partial charge in [0.05, 0.1) is 33.9 Å². The summed E-state index contributed by atoms with van der Waals surface area (Å²) < 4.78 is 1.62. The van der Waals surface area contributed by atoms with Crippen LogP contribution in [0.2, 0.25) is 5.02 Å². The number of aromatic nitrogens is 2. The highest BCUT2D eigenvalue weighted by Crippen LogP contribution is 2.21. The number of para-hydroxylation sites is 1. The molecule has 1 amide bonds. The number of thioether (sulfide) groups is 1. The van der Waals surface area contributed by atoms with E-state index in [-0.39, 0.29) is 11.7 Å². The quantitative estimate of drug-likeness (QED) is 0.746. The third kappa shape index (κ3) is 4.49. The Labute approximate surface area is 142 Å². The molecule has 0 atom stereocenters. The number of carbonyl (C=O) groups excluding carboxylic acids is 1. The molecule has 0 bridgehead atoms. The van der Waals surface area contributed by atoms with E-state index < -0.39 is 5.97 Å². The highest BCUT2D eigenvalue weighted by molar-refractivity contribution is 7.99. The zero-order chi connectivity index (χ0) is 16.8. The van der Waals surface area contributed by atoms with Crippen LogP contribution in [-0.2, 0) is 4.79 Å². The molecular formula is C15H16ClN3O3S. The highest BCUT2D eigenvalue weighted by atomic mass is 35.5. The lowest BCUT2D eigenvalue weighted by Crippen LogP contribution is -2.26. The minimum absolute atomic E-state index is 0.0271. The van der Waals surface area contributed by atoms with Crippen LogP contribution in [0.5, 0.6) is 0 Å². The monoisotopic (exact) mass is 353 g/mol. The number of halogens is 1. The molecule has 2 aromatic rings. The molecule has 122 valence electrons. The summed E-state index contributed by atoms with van der Waals surface area (Å²) in [5.74, 6) is -0.537. The minimum Gasteiger partial charge on any atom is -0.481 e. The van der Waals surface area contributed by atoms with Gasteiger partial charge in [-0.1, -0.05) is 23.7 Å². The number of nitrogens with one attached hydrogen (secondary N) is 1. The lowest BCUT2D eigenvalue weighted by atomic mass is 10.2. The molecule has 0 fully saturated rings. The fraction of sp³-hybridized carbons (Fsp3) is 0.267. The number of nitrogens with zero attached hydrogens (tertiary/aromatic N) is 2. The van der Waals surface area contributed by atoms with Gasteiger partial charge in [-0.25, -0.2) is 4.68 Å². The number of carbonyl (C=O) groups is 2. The van der Waals surface area contributed by atoms with Crippen LogP contribution < -0.4 is 5.32 Å². The summed E-state index contributed by atoms with van der Waals surface area (Å²) in [6.07, 6.45) is 1.50. The molecule has 0 aliphatic rings. The Morgan fingerprint density at radius 1 is 1.39 bits per heavy atom. The molecule has 0 saturated carbocycles. The number of amides is 1. The van der Waals surface area contributed by atoms with Crippen molar-refractivity contribution in [2.75, 3.05) is 18.1 Å². The molecule has 2 N–H and O–H groups in total. The van der Waals surface area contributed by atoms with Gasteiger partial charge in [0.1, 0.15) is 0 Å². The van der Waals surface area contributed by atoms with Crippen LogP contribution in [0.4, 0.5) is 0 Å². The van der Waals surface area contributed by atoms with Crippen LogP contribution in [0.1, 0.15) is 16.1 Å². The van der Waals surface area contributed by atoms with Gasteiger partial charge in [0, 0.05) is 12.3 Å². The normalized spacial score (nSPS) is 10.5. The van der Waals surface area contributed by atoms with Gasteiger partial charge in [-0.15, -0.1) is 11.8 Å². The van der Waals surface area contributed by atoms with Crippen LogP contribution in [0.25, 0.3) is 5.69 Å². The van der Waals surface area contributed by atoms with Crippen molar-refractivity contribution in [3.8, 4) is 5.69 Å². The van der Waals surface area contributed by atoms with Gasteiger partial charge in [0.2, 0.25) is 0 Å². The van der Waals surface area contributed by atoms with E-state index in [1.807, 2.05) is 18.2 Å². The van der Waals surface area contributed by atoms with E-state index in [0.717, 1.165) is 0 Å². The second kappa shape index (κ2) is 8.03. The Bertz CT molecular complexity index is 718. The number of rotatable bonds is 7. The maximum absolute atomic E-state index is 12.2. The molecule has 0 saturated heterocycles. The Balaban J connectivity index is 2.00. The predicted octanol–water partition coefficient (Wildman–Crippen LogP) is 2.38. The molecule has 0 radical (unpaired) electrons. The lowest BCUT2D eigenvalue weighted by molar-refractivity contribution is -0.133. The fourth-order valence-corrected chi connectivity index (χ4v) is 2.77. The van der Waals surface area contributed by atoms with Crippen LogP contribution in [0.15, 0.2) is 30.5 Å². The zero-order valence-corrected chi connectivity index (χ0v) is 14.0. The average molecular weight is 354 g/mol. The molecule has 1 aromatic heterocycles. The molecule has 0 aliphatic carbocycles. The topological polar surface area (TPSA) is 84.2 Å². The van der Waals surface area contributed by atoms with Gasteiger partial charge in [0.25, 0.3) is 5.91 Å². The third-order valence-corrected chi connectivity index (χ3v) is 4.36. The van der Waals surface area contributed by atoms with Crippen molar-refractivity contribution in [2.24, 2.45) is 0 Å². The summed E-state index contributed by atoms with van der Waals surface area (Å²) in [6.45, 7) is 2.19. The number of carboxylic acid groups (broad SMARTS) is 1. The lowest BCUT2D eigenvalue weighted by Gasteiger charge is -2.07. The molecule has 6 nitrogen and oxygen atoms in total. The number of benzene rings is 1. The molecule has 23 heavy (non-hydrogen) atoms. The van der Waals surface area contributed by atoms with Gasteiger partial charge in [-0.2, -0.15) is 5.10 Å². The largest absolute Gasteiger partial charge is 0.481 e. The van der Waals surface area contributed by atoms with Gasteiger partial charge in [-0.05, 0) is 19.1 Å². The number of hydrogen-bond donors (Lipinski definition) is 2. The molecule has 1 heterocycles. The van der Waals surface area contributed by atoms with Crippen molar-refractivity contribution in [1.29, 1.82) is 0 Å². The second-order valence-electron chi connectivity index (χ2n) is 4.71. The van der Waals surface area contributed by atoms with Gasteiger partial charge in [0.15, 0.2) is 0 Å². The average Bonchev–Trinajstić information content (AvgIpc) is 2.88. The maximum atomic E-state index is 12.2. The van der Waals surface area contributed by atoms with E-state index in [9.17, 15) is 9.59 Å². The third-order valence-electron chi connectivity index (χ3n) is 3.09. The second-order valence-corrected chi connectivity index (χ2v) is 6.22. The van der Waals surface area contributed by atoms with Crippen molar-refractivity contribution in [3.05, 3.63) is 46.7 Å². The fourth-order valence-electron chi connectivity index (χ4n) is 1.99. The molecule has 1 aromatic carbocycles. The summed E-state index contributed by atoms with van der Waals surface area (Å²) >= 11 is 7.41. The molecule has 2 rings (SSSR count). The van der Waals surface area contributed by atoms with E-state index in [4.69, 9.17) is 16.7 Å². The van der Waals surface area contributed by atoms with E-state index >= 15 is 0 Å². The first-order chi connectivity index (χ1) is 11.0. The Morgan fingerprint density at radius 3 is 2.83 bits per heavy atom. The number of carboxylic acids is 1. The number of hydrogen-bond acceptors (Lipinski definition) is 4. The van der Waals surface area contributed by atoms with E-state index in [1.165, 1.54) is 18.0 Å².